The van der Waals surface area contributed by atoms with E-state index in [0.717, 1.165) is 25.9 Å². The third-order valence-electron chi connectivity index (χ3n) is 2.12. The molecule has 0 aliphatic carbocycles. The largest absolute Gasteiger partial charge is 0.339 e. The highest BCUT2D eigenvalue weighted by Gasteiger charge is 2.13. The van der Waals surface area contributed by atoms with Crippen LogP contribution in [0.1, 0.15) is 26.7 Å². The third-order valence-corrected chi connectivity index (χ3v) is 2.12. The van der Waals surface area contributed by atoms with E-state index in [0.29, 0.717) is 5.92 Å². The highest BCUT2D eigenvalue weighted by Crippen LogP contribution is 2.08. The molecule has 0 aromatic carbocycles. The van der Waals surface area contributed by atoms with Gasteiger partial charge in [0.2, 0.25) is 5.91 Å². The number of allylic oxidation sites excluding steroid dienone is 1. The summed E-state index contributed by atoms with van der Waals surface area (Å²) in [6.07, 6.45) is 8.09. The van der Waals surface area contributed by atoms with E-state index in [1.807, 2.05) is 11.0 Å². The van der Waals surface area contributed by atoms with Crippen LogP contribution in [-0.2, 0) is 4.79 Å². The van der Waals surface area contributed by atoms with Crippen LogP contribution in [0.3, 0.4) is 0 Å². The Labute approximate surface area is 80.6 Å². The van der Waals surface area contributed by atoms with Crippen LogP contribution in [0, 0.1) is 12.3 Å². The molecule has 2 heteroatoms. The van der Waals surface area contributed by atoms with E-state index in [-0.39, 0.29) is 5.91 Å². The molecule has 0 aromatic rings. The number of hydrogen-bond acceptors (Lipinski definition) is 1. The van der Waals surface area contributed by atoms with E-state index in [9.17, 15) is 4.79 Å². The van der Waals surface area contributed by atoms with Crippen molar-refractivity contribution in [3.63, 3.8) is 0 Å². The average Bonchev–Trinajstić information content (AvgIpc) is 2.15. The molecule has 1 saturated heterocycles. The van der Waals surface area contributed by atoms with Crippen LogP contribution in [0.15, 0.2) is 12.2 Å². The Bertz CT molecular complexity index is 190. The second kappa shape index (κ2) is 5.05. The second-order valence-electron chi connectivity index (χ2n) is 3.82. The maximum atomic E-state index is 11.5. The minimum absolute atomic E-state index is 0.157. The Hall–Kier alpha value is -0.790. The molecule has 1 radical (unpaired) electrons. The molecule has 1 amide bonds. The van der Waals surface area contributed by atoms with Gasteiger partial charge in [0.15, 0.2) is 0 Å². The maximum Gasteiger partial charge on any atom is 0.246 e. The van der Waals surface area contributed by atoms with Gasteiger partial charge in [-0.25, -0.2) is 0 Å². The van der Waals surface area contributed by atoms with Gasteiger partial charge in [-0.2, -0.15) is 0 Å². The van der Waals surface area contributed by atoms with Crippen molar-refractivity contribution < 1.29 is 4.79 Å². The van der Waals surface area contributed by atoms with Crippen LogP contribution in [0.25, 0.3) is 0 Å². The number of hydrogen-bond donors (Lipinski definition) is 0. The predicted octanol–water partition coefficient (Wildman–Crippen LogP) is 2.03. The first-order chi connectivity index (χ1) is 6.20. The van der Waals surface area contributed by atoms with E-state index in [1.54, 1.807) is 6.08 Å². The number of rotatable bonds is 2. The summed E-state index contributed by atoms with van der Waals surface area (Å²) in [6.45, 7) is 5.89. The highest BCUT2D eigenvalue weighted by atomic mass is 16.2. The van der Waals surface area contributed by atoms with E-state index in [1.165, 1.54) is 0 Å². The molecule has 13 heavy (non-hydrogen) atoms. The van der Waals surface area contributed by atoms with E-state index in [4.69, 9.17) is 0 Å². The molecule has 1 aliphatic rings. The number of piperidine rings is 1. The van der Waals surface area contributed by atoms with E-state index in [2.05, 4.69) is 20.3 Å². The van der Waals surface area contributed by atoms with Gasteiger partial charge in [0.1, 0.15) is 0 Å². The van der Waals surface area contributed by atoms with Crippen molar-refractivity contribution in [3.05, 3.63) is 18.6 Å². The molecule has 0 atom stereocenters. The zero-order valence-corrected chi connectivity index (χ0v) is 8.49. The van der Waals surface area contributed by atoms with Gasteiger partial charge < -0.3 is 4.90 Å². The number of carbonyl (C=O) groups excluding carboxylic acids is 1. The fourth-order valence-corrected chi connectivity index (χ4v) is 1.35. The maximum absolute atomic E-state index is 11.5. The molecular weight excluding hydrogens is 162 g/mol. The first-order valence-corrected chi connectivity index (χ1v) is 4.99. The van der Waals surface area contributed by atoms with Crippen LogP contribution in [-0.4, -0.2) is 23.9 Å². The Morgan fingerprint density at radius 1 is 1.54 bits per heavy atom. The molecule has 73 valence electrons. The van der Waals surface area contributed by atoms with Crippen LogP contribution in [0.2, 0.25) is 0 Å². The van der Waals surface area contributed by atoms with Crippen molar-refractivity contribution in [2.24, 2.45) is 5.92 Å². The zero-order chi connectivity index (χ0) is 9.68. The normalized spacial score (nSPS) is 18.5. The number of amides is 1. The number of carbonyl (C=O) groups is 1. The summed E-state index contributed by atoms with van der Waals surface area (Å²) in [5, 5.41) is 0. The summed E-state index contributed by atoms with van der Waals surface area (Å²) < 4.78 is 0. The molecule has 0 N–H and O–H groups in total. The van der Waals surface area contributed by atoms with Gasteiger partial charge in [-0.15, -0.1) is 0 Å². The quantitative estimate of drug-likeness (QED) is 0.595. The Morgan fingerprint density at radius 2 is 2.31 bits per heavy atom. The molecular formula is C11H18NO. The minimum Gasteiger partial charge on any atom is -0.339 e. The zero-order valence-electron chi connectivity index (χ0n) is 8.49. The number of likely N-dealkylation sites (tertiary alicyclic amines) is 1. The van der Waals surface area contributed by atoms with Crippen molar-refractivity contribution in [2.75, 3.05) is 13.1 Å². The first-order valence-electron chi connectivity index (χ1n) is 4.99. The Kier molecular flexibility index (Phi) is 4.00. The smallest absolute Gasteiger partial charge is 0.246 e. The second-order valence-corrected chi connectivity index (χ2v) is 3.82. The highest BCUT2D eigenvalue weighted by molar-refractivity contribution is 5.87. The van der Waals surface area contributed by atoms with E-state index < -0.39 is 0 Å². The summed E-state index contributed by atoms with van der Waals surface area (Å²) in [6, 6.07) is 0. The monoisotopic (exact) mass is 180 g/mol. The lowest BCUT2D eigenvalue weighted by Crippen LogP contribution is -2.34. The summed E-state index contributed by atoms with van der Waals surface area (Å²) in [5.41, 5.74) is 0. The molecule has 1 rings (SSSR count). The van der Waals surface area contributed by atoms with Crippen LogP contribution < -0.4 is 0 Å². The molecule has 1 heterocycles. The van der Waals surface area contributed by atoms with Crippen molar-refractivity contribution in [1.82, 2.24) is 4.90 Å². The van der Waals surface area contributed by atoms with Crippen LogP contribution in [0.4, 0.5) is 0 Å². The van der Waals surface area contributed by atoms with Gasteiger partial charge in [0.05, 0.1) is 0 Å². The third kappa shape index (κ3) is 3.62. The fraction of sp³-hybridized carbons (Fsp3) is 0.636. The molecule has 0 aromatic heterocycles. The lowest BCUT2D eigenvalue weighted by molar-refractivity contribution is -0.126. The van der Waals surface area contributed by atoms with Gasteiger partial charge in [-0.3, -0.25) is 4.79 Å². The van der Waals surface area contributed by atoms with Gasteiger partial charge in [0, 0.05) is 13.1 Å². The number of nitrogens with zero attached hydrogens (tertiary/aromatic N) is 1. The molecule has 0 saturated carbocycles. The fourth-order valence-electron chi connectivity index (χ4n) is 1.35. The molecule has 0 bridgehead atoms. The molecule has 1 fully saturated rings. The molecule has 0 spiro atoms. The summed E-state index contributed by atoms with van der Waals surface area (Å²) in [7, 11) is 0. The van der Waals surface area contributed by atoms with Crippen molar-refractivity contribution in [1.29, 1.82) is 0 Å². The predicted molar refractivity (Wildman–Crippen MR) is 54.1 cm³/mol. The SMILES string of the molecule is CC(C)C=CC(=O)N1C[CH]CCC1. The van der Waals surface area contributed by atoms with Crippen LogP contribution in [0.5, 0.6) is 0 Å². The van der Waals surface area contributed by atoms with Gasteiger partial charge in [-0.05, 0) is 31.3 Å². The topological polar surface area (TPSA) is 20.3 Å². The van der Waals surface area contributed by atoms with Crippen molar-refractivity contribution in [2.45, 2.75) is 26.7 Å². The molecule has 1 aliphatic heterocycles. The van der Waals surface area contributed by atoms with Crippen LogP contribution >= 0.6 is 0 Å². The summed E-state index contributed by atoms with van der Waals surface area (Å²) in [5.74, 6) is 0.613. The summed E-state index contributed by atoms with van der Waals surface area (Å²) >= 11 is 0. The lowest BCUT2D eigenvalue weighted by atomic mass is 10.1. The van der Waals surface area contributed by atoms with E-state index >= 15 is 0 Å². The van der Waals surface area contributed by atoms with Gasteiger partial charge in [-0.1, -0.05) is 19.9 Å². The average molecular weight is 180 g/mol. The lowest BCUT2D eigenvalue weighted by Gasteiger charge is -2.25. The standard InChI is InChI=1S/C11H18NO/c1-10(2)6-7-11(13)12-8-4-3-5-9-12/h4,6-7,10H,3,5,8-9H2,1-2H3. The van der Waals surface area contributed by atoms with Crippen molar-refractivity contribution >= 4 is 5.91 Å². The Balaban J connectivity index is 2.37. The molecule has 2 nitrogen and oxygen atoms in total. The first kappa shape index (κ1) is 10.3. The van der Waals surface area contributed by atoms with Gasteiger partial charge >= 0.3 is 0 Å². The minimum atomic E-state index is 0.157. The van der Waals surface area contributed by atoms with Gasteiger partial charge in [0.25, 0.3) is 0 Å². The van der Waals surface area contributed by atoms with Crippen molar-refractivity contribution in [3.8, 4) is 0 Å². The summed E-state index contributed by atoms with van der Waals surface area (Å²) in [4.78, 5) is 13.4. The molecule has 0 unspecified atom stereocenters. The Morgan fingerprint density at radius 3 is 2.85 bits per heavy atom.